The van der Waals surface area contributed by atoms with Gasteiger partial charge in [-0.1, -0.05) is 48.0 Å². The van der Waals surface area contributed by atoms with Gasteiger partial charge in [-0.15, -0.1) is 11.8 Å². The Morgan fingerprint density at radius 3 is 2.36 bits per heavy atom. The van der Waals surface area contributed by atoms with Crippen molar-refractivity contribution in [3.8, 4) is 0 Å². The topological polar surface area (TPSA) is 58.2 Å². The smallest absolute Gasteiger partial charge is 0.222 e. The lowest BCUT2D eigenvalue weighted by Gasteiger charge is -2.18. The minimum atomic E-state index is -0.302. The van der Waals surface area contributed by atoms with Gasteiger partial charge in [-0.3, -0.25) is 9.59 Å². The average molecular weight is 356 g/mol. The fraction of sp³-hybridized carbons (Fsp3) is 0.300. The van der Waals surface area contributed by atoms with Crippen molar-refractivity contribution in [2.24, 2.45) is 0 Å². The Balaban J connectivity index is 1.78. The third kappa shape index (κ3) is 7.01. The SMILES string of the molecule is CC(=O)N[C@@H](CC(=O)NCCSc1ccc(C)cc1)c1ccccc1. The minimum Gasteiger partial charge on any atom is -0.355 e. The van der Waals surface area contributed by atoms with Crippen LogP contribution in [-0.2, 0) is 9.59 Å². The van der Waals surface area contributed by atoms with Gasteiger partial charge in [-0.25, -0.2) is 0 Å². The molecule has 0 radical (unpaired) electrons. The summed E-state index contributed by atoms with van der Waals surface area (Å²) < 4.78 is 0. The number of nitrogens with one attached hydrogen (secondary N) is 2. The predicted molar refractivity (Wildman–Crippen MR) is 103 cm³/mol. The largest absolute Gasteiger partial charge is 0.355 e. The second kappa shape index (κ2) is 9.89. The molecular formula is C20H24N2O2S. The fourth-order valence-corrected chi connectivity index (χ4v) is 3.20. The summed E-state index contributed by atoms with van der Waals surface area (Å²) in [6.45, 7) is 4.12. The number of aryl methyl sites for hydroxylation is 1. The second-order valence-electron chi connectivity index (χ2n) is 5.88. The van der Waals surface area contributed by atoms with Crippen LogP contribution in [0.5, 0.6) is 0 Å². The molecule has 0 heterocycles. The molecule has 0 saturated carbocycles. The molecule has 0 aliphatic heterocycles. The van der Waals surface area contributed by atoms with Gasteiger partial charge in [0.05, 0.1) is 12.5 Å². The van der Waals surface area contributed by atoms with Gasteiger partial charge in [0.1, 0.15) is 0 Å². The van der Waals surface area contributed by atoms with Crippen molar-refractivity contribution >= 4 is 23.6 Å². The first-order valence-corrected chi connectivity index (χ1v) is 9.31. The Hall–Kier alpha value is -2.27. The van der Waals surface area contributed by atoms with Crippen LogP contribution >= 0.6 is 11.8 Å². The van der Waals surface area contributed by atoms with Gasteiger partial charge in [0.2, 0.25) is 11.8 Å². The zero-order chi connectivity index (χ0) is 18.1. The van der Waals surface area contributed by atoms with Gasteiger partial charge in [0, 0.05) is 24.1 Å². The molecule has 132 valence electrons. The number of hydrogen-bond donors (Lipinski definition) is 2. The summed E-state index contributed by atoms with van der Waals surface area (Å²) in [6, 6.07) is 17.6. The van der Waals surface area contributed by atoms with Gasteiger partial charge >= 0.3 is 0 Å². The zero-order valence-electron chi connectivity index (χ0n) is 14.6. The van der Waals surface area contributed by atoms with E-state index in [0.717, 1.165) is 11.3 Å². The Morgan fingerprint density at radius 1 is 1.04 bits per heavy atom. The van der Waals surface area contributed by atoms with E-state index in [-0.39, 0.29) is 24.3 Å². The third-order valence-electron chi connectivity index (χ3n) is 3.68. The van der Waals surface area contributed by atoms with E-state index in [9.17, 15) is 9.59 Å². The normalized spacial score (nSPS) is 11.6. The van der Waals surface area contributed by atoms with E-state index in [1.54, 1.807) is 11.8 Å². The van der Waals surface area contributed by atoms with Crippen LogP contribution in [0.3, 0.4) is 0 Å². The number of hydrogen-bond acceptors (Lipinski definition) is 3. The van der Waals surface area contributed by atoms with Crippen molar-refractivity contribution in [1.82, 2.24) is 10.6 Å². The molecule has 25 heavy (non-hydrogen) atoms. The van der Waals surface area contributed by atoms with Crippen LogP contribution in [0.15, 0.2) is 59.5 Å². The molecule has 4 nitrogen and oxygen atoms in total. The van der Waals surface area contributed by atoms with E-state index < -0.39 is 0 Å². The maximum atomic E-state index is 12.2. The van der Waals surface area contributed by atoms with Crippen molar-refractivity contribution in [1.29, 1.82) is 0 Å². The van der Waals surface area contributed by atoms with Crippen LogP contribution < -0.4 is 10.6 Å². The summed E-state index contributed by atoms with van der Waals surface area (Å²) in [4.78, 5) is 24.8. The molecule has 2 aromatic carbocycles. The number of carbonyl (C=O) groups excluding carboxylic acids is 2. The van der Waals surface area contributed by atoms with E-state index in [0.29, 0.717) is 6.54 Å². The lowest BCUT2D eigenvalue weighted by molar-refractivity contribution is -0.122. The molecule has 0 fully saturated rings. The van der Waals surface area contributed by atoms with Crippen LogP contribution in [0.4, 0.5) is 0 Å². The summed E-state index contributed by atoms with van der Waals surface area (Å²) >= 11 is 1.71. The molecule has 2 N–H and O–H groups in total. The molecule has 0 spiro atoms. The van der Waals surface area contributed by atoms with Crippen molar-refractivity contribution < 1.29 is 9.59 Å². The molecule has 0 bridgehead atoms. The summed E-state index contributed by atoms with van der Waals surface area (Å²) in [5, 5.41) is 5.77. The molecule has 2 amide bonds. The third-order valence-corrected chi connectivity index (χ3v) is 4.70. The van der Waals surface area contributed by atoms with Gasteiger partial charge in [0.25, 0.3) is 0 Å². The van der Waals surface area contributed by atoms with Crippen LogP contribution in [0, 0.1) is 6.92 Å². The maximum absolute atomic E-state index is 12.2. The van der Waals surface area contributed by atoms with Gasteiger partial charge in [0.15, 0.2) is 0 Å². The Bertz CT molecular complexity index is 687. The summed E-state index contributed by atoms with van der Waals surface area (Å²) in [7, 11) is 0. The van der Waals surface area contributed by atoms with Crippen LogP contribution in [0.25, 0.3) is 0 Å². The minimum absolute atomic E-state index is 0.0629. The number of rotatable bonds is 8. The molecule has 0 saturated heterocycles. The van der Waals surface area contributed by atoms with E-state index in [1.807, 2.05) is 30.3 Å². The van der Waals surface area contributed by atoms with E-state index in [2.05, 4.69) is 41.8 Å². The fourth-order valence-electron chi connectivity index (χ4n) is 2.43. The van der Waals surface area contributed by atoms with Crippen molar-refractivity contribution in [3.05, 3.63) is 65.7 Å². The second-order valence-corrected chi connectivity index (χ2v) is 7.05. The maximum Gasteiger partial charge on any atom is 0.222 e. The number of amides is 2. The Kier molecular flexibility index (Phi) is 7.54. The van der Waals surface area contributed by atoms with E-state index in [1.165, 1.54) is 17.4 Å². The van der Waals surface area contributed by atoms with Crippen LogP contribution in [-0.4, -0.2) is 24.1 Å². The lowest BCUT2D eigenvalue weighted by Crippen LogP contribution is -2.33. The quantitative estimate of drug-likeness (QED) is 0.562. The van der Waals surface area contributed by atoms with Crippen molar-refractivity contribution in [3.63, 3.8) is 0 Å². The molecular weight excluding hydrogens is 332 g/mol. The summed E-state index contributed by atoms with van der Waals surface area (Å²) in [5.74, 6) is 0.606. The Morgan fingerprint density at radius 2 is 1.72 bits per heavy atom. The highest BCUT2D eigenvalue weighted by Crippen LogP contribution is 2.18. The standard InChI is InChI=1S/C20H24N2O2S/c1-15-8-10-18(11-9-15)25-13-12-21-20(24)14-19(22-16(2)23)17-6-4-3-5-7-17/h3-11,19H,12-14H2,1-2H3,(H,21,24)(H,22,23)/t19-/m0/s1. The van der Waals surface area contributed by atoms with Crippen LogP contribution in [0.1, 0.15) is 30.5 Å². The van der Waals surface area contributed by atoms with Gasteiger partial charge in [-0.2, -0.15) is 0 Å². The molecule has 2 rings (SSSR count). The first kappa shape index (κ1) is 19.1. The monoisotopic (exact) mass is 356 g/mol. The highest BCUT2D eigenvalue weighted by molar-refractivity contribution is 7.99. The van der Waals surface area contributed by atoms with Crippen LogP contribution in [0.2, 0.25) is 0 Å². The first-order valence-electron chi connectivity index (χ1n) is 8.33. The highest BCUT2D eigenvalue weighted by atomic mass is 32.2. The van der Waals surface area contributed by atoms with E-state index >= 15 is 0 Å². The van der Waals surface area contributed by atoms with Crippen molar-refractivity contribution in [2.75, 3.05) is 12.3 Å². The first-order chi connectivity index (χ1) is 12.0. The molecule has 2 aromatic rings. The predicted octanol–water partition coefficient (Wildman–Crippen LogP) is 3.47. The molecule has 0 aliphatic carbocycles. The molecule has 0 aromatic heterocycles. The van der Waals surface area contributed by atoms with Gasteiger partial charge < -0.3 is 10.6 Å². The summed E-state index contributed by atoms with van der Waals surface area (Å²) in [5.41, 5.74) is 2.17. The van der Waals surface area contributed by atoms with E-state index in [4.69, 9.17) is 0 Å². The molecule has 1 atom stereocenters. The number of carbonyl (C=O) groups is 2. The highest BCUT2D eigenvalue weighted by Gasteiger charge is 2.16. The zero-order valence-corrected chi connectivity index (χ0v) is 15.4. The average Bonchev–Trinajstić information content (AvgIpc) is 2.60. The van der Waals surface area contributed by atoms with Gasteiger partial charge in [-0.05, 0) is 24.6 Å². The lowest BCUT2D eigenvalue weighted by atomic mass is 10.0. The number of thioether (sulfide) groups is 1. The molecule has 5 heteroatoms. The molecule has 0 aliphatic rings. The van der Waals surface area contributed by atoms with Crippen molar-refractivity contribution in [2.45, 2.75) is 31.2 Å². The Labute approximate surface area is 153 Å². The molecule has 0 unspecified atom stereocenters. The number of benzene rings is 2. The summed E-state index contributed by atoms with van der Waals surface area (Å²) in [6.07, 6.45) is 0.235.